The summed E-state index contributed by atoms with van der Waals surface area (Å²) < 4.78 is 0. The number of carbonyl (C=O) groups is 1. The van der Waals surface area contributed by atoms with Crippen LogP contribution in [-0.4, -0.2) is 16.0 Å². The number of phenols is 2. The molecule has 0 saturated heterocycles. The van der Waals surface area contributed by atoms with Crippen molar-refractivity contribution in [3.63, 3.8) is 0 Å². The van der Waals surface area contributed by atoms with Gasteiger partial charge in [-0.15, -0.1) is 0 Å². The quantitative estimate of drug-likeness (QED) is 0.401. The number of hydrogen-bond acceptors (Lipinski definition) is 3. The minimum atomic E-state index is -0.168. The summed E-state index contributed by atoms with van der Waals surface area (Å²) in [6.07, 6.45) is 10.0. The number of aromatic hydroxyl groups is 2. The van der Waals surface area contributed by atoms with Gasteiger partial charge in [-0.05, 0) is 65.0 Å². The first-order valence-electron chi connectivity index (χ1n) is 9.21. The number of rotatable bonds is 9. The van der Waals surface area contributed by atoms with Crippen LogP contribution in [-0.2, 0) is 0 Å². The summed E-state index contributed by atoms with van der Waals surface area (Å²) in [5, 5.41) is 19.1. The fourth-order valence-electron chi connectivity index (χ4n) is 2.64. The lowest BCUT2D eigenvalue weighted by Gasteiger charge is -2.12. The molecular weight excluding hydrogens is 324 g/mol. The Kier molecular flexibility index (Phi) is 8.91. The summed E-state index contributed by atoms with van der Waals surface area (Å²) in [6, 6.07) is 4.09. The molecule has 0 saturated carbocycles. The van der Waals surface area contributed by atoms with Crippen molar-refractivity contribution in [1.82, 2.24) is 0 Å². The average molecular weight is 357 g/mol. The van der Waals surface area contributed by atoms with Gasteiger partial charge in [-0.3, -0.25) is 4.79 Å². The van der Waals surface area contributed by atoms with Gasteiger partial charge in [0.2, 0.25) is 0 Å². The Morgan fingerprint density at radius 2 is 1.77 bits per heavy atom. The molecule has 1 rings (SSSR count). The first-order valence-corrected chi connectivity index (χ1v) is 9.21. The van der Waals surface area contributed by atoms with Gasteiger partial charge in [0, 0.05) is 12.5 Å². The molecule has 0 spiro atoms. The molecule has 142 valence electrons. The summed E-state index contributed by atoms with van der Waals surface area (Å²) in [5.74, 6) is -0.222. The van der Waals surface area contributed by atoms with E-state index in [1.165, 1.54) is 34.9 Å². The highest BCUT2D eigenvalue weighted by Crippen LogP contribution is 2.26. The van der Waals surface area contributed by atoms with Gasteiger partial charge in [0.25, 0.3) is 0 Å². The topological polar surface area (TPSA) is 57.5 Å². The summed E-state index contributed by atoms with van der Waals surface area (Å²) in [6.45, 7) is 10.5. The van der Waals surface area contributed by atoms with Gasteiger partial charge in [0.1, 0.15) is 11.5 Å². The van der Waals surface area contributed by atoms with Crippen molar-refractivity contribution in [2.24, 2.45) is 5.92 Å². The minimum absolute atomic E-state index is 0.0464. The van der Waals surface area contributed by atoms with Gasteiger partial charge < -0.3 is 10.2 Å². The van der Waals surface area contributed by atoms with Crippen LogP contribution >= 0.6 is 0 Å². The fraction of sp³-hybridized carbons (Fsp3) is 0.435. The van der Waals surface area contributed by atoms with E-state index in [0.717, 1.165) is 19.3 Å². The van der Waals surface area contributed by atoms with Crippen LogP contribution < -0.4 is 0 Å². The van der Waals surface area contributed by atoms with E-state index in [1.807, 2.05) is 13.8 Å². The minimum Gasteiger partial charge on any atom is -0.508 e. The zero-order valence-corrected chi connectivity index (χ0v) is 16.7. The molecule has 1 unspecified atom stereocenters. The summed E-state index contributed by atoms with van der Waals surface area (Å²) in [4.78, 5) is 12.4. The largest absolute Gasteiger partial charge is 0.508 e. The van der Waals surface area contributed by atoms with E-state index in [2.05, 4.69) is 39.0 Å². The second kappa shape index (κ2) is 10.6. The standard InChI is InChI=1S/C23H32O3/c1-16(2)8-6-9-17(3)10-7-11-18(4)19(5)14-22(25)21-13-12-20(24)15-23(21)26/h8,10-13,15,19,24,26H,6-7,9,14H2,1-5H3. The van der Waals surface area contributed by atoms with E-state index in [0.29, 0.717) is 6.42 Å². The first kappa shape index (κ1) is 21.8. The van der Waals surface area contributed by atoms with Crippen LogP contribution in [0.4, 0.5) is 0 Å². The maximum absolute atomic E-state index is 12.4. The van der Waals surface area contributed by atoms with E-state index in [-0.39, 0.29) is 28.8 Å². The van der Waals surface area contributed by atoms with Crippen LogP contribution in [0.15, 0.2) is 53.1 Å². The Morgan fingerprint density at radius 1 is 1.08 bits per heavy atom. The van der Waals surface area contributed by atoms with Crippen LogP contribution in [0.2, 0.25) is 0 Å². The molecule has 0 radical (unpaired) electrons. The lowest BCUT2D eigenvalue weighted by atomic mass is 9.93. The molecule has 0 aromatic heterocycles. The third-order valence-corrected chi connectivity index (χ3v) is 4.55. The summed E-state index contributed by atoms with van der Waals surface area (Å²) >= 11 is 0. The Morgan fingerprint density at radius 3 is 2.38 bits per heavy atom. The molecule has 3 nitrogen and oxygen atoms in total. The summed E-state index contributed by atoms with van der Waals surface area (Å²) in [7, 11) is 0. The van der Waals surface area contributed by atoms with Gasteiger partial charge in [0.05, 0.1) is 5.56 Å². The van der Waals surface area contributed by atoms with E-state index < -0.39 is 0 Å². The monoisotopic (exact) mass is 356 g/mol. The second-order valence-corrected chi connectivity index (χ2v) is 7.28. The normalized spacial score (nSPS) is 13.4. The maximum Gasteiger partial charge on any atom is 0.167 e. The SMILES string of the molecule is CC(C)=CCCC(C)=CCC=C(C)C(C)CC(=O)c1ccc(O)cc1O. The molecule has 0 aliphatic carbocycles. The van der Waals surface area contributed by atoms with Crippen molar-refractivity contribution in [3.8, 4) is 11.5 Å². The molecule has 0 heterocycles. The zero-order chi connectivity index (χ0) is 19.7. The predicted octanol–water partition coefficient (Wildman–Crippen LogP) is 6.34. The molecule has 0 aliphatic rings. The van der Waals surface area contributed by atoms with E-state index in [4.69, 9.17) is 0 Å². The predicted molar refractivity (Wildman–Crippen MR) is 109 cm³/mol. The highest BCUT2D eigenvalue weighted by molar-refractivity contribution is 5.99. The van der Waals surface area contributed by atoms with Gasteiger partial charge in [-0.25, -0.2) is 0 Å². The Bertz CT molecular complexity index is 704. The van der Waals surface area contributed by atoms with Gasteiger partial charge >= 0.3 is 0 Å². The molecule has 2 N–H and O–H groups in total. The van der Waals surface area contributed by atoms with Crippen molar-refractivity contribution < 1.29 is 15.0 Å². The van der Waals surface area contributed by atoms with E-state index in [9.17, 15) is 15.0 Å². The van der Waals surface area contributed by atoms with Crippen molar-refractivity contribution in [3.05, 3.63) is 58.7 Å². The number of ketones is 1. The van der Waals surface area contributed by atoms with Crippen LogP contribution in [0.1, 0.15) is 70.7 Å². The molecule has 26 heavy (non-hydrogen) atoms. The van der Waals surface area contributed by atoms with Crippen molar-refractivity contribution in [2.75, 3.05) is 0 Å². The number of hydrogen-bond donors (Lipinski definition) is 2. The number of carbonyl (C=O) groups excluding carboxylic acids is 1. The van der Waals surface area contributed by atoms with Crippen LogP contribution in [0.25, 0.3) is 0 Å². The maximum atomic E-state index is 12.4. The third-order valence-electron chi connectivity index (χ3n) is 4.55. The molecule has 3 heteroatoms. The highest BCUT2D eigenvalue weighted by atomic mass is 16.3. The number of Topliss-reactive ketones (excluding diaryl/α,β-unsaturated/α-hetero) is 1. The van der Waals surface area contributed by atoms with Gasteiger partial charge in [-0.1, -0.05) is 41.9 Å². The van der Waals surface area contributed by atoms with E-state index >= 15 is 0 Å². The molecule has 0 bridgehead atoms. The lowest BCUT2D eigenvalue weighted by molar-refractivity contribution is 0.0967. The Hall–Kier alpha value is -2.29. The smallest absolute Gasteiger partial charge is 0.167 e. The Labute approximate surface area is 157 Å². The molecule has 1 aromatic carbocycles. The Balaban J connectivity index is 2.57. The molecule has 1 atom stereocenters. The summed E-state index contributed by atoms with van der Waals surface area (Å²) in [5.41, 5.74) is 4.17. The fourth-order valence-corrected chi connectivity index (χ4v) is 2.64. The lowest BCUT2D eigenvalue weighted by Crippen LogP contribution is -2.07. The van der Waals surface area contributed by atoms with Gasteiger partial charge in [-0.2, -0.15) is 0 Å². The van der Waals surface area contributed by atoms with Crippen molar-refractivity contribution >= 4 is 5.78 Å². The number of allylic oxidation sites excluding steroid dienone is 6. The van der Waals surface area contributed by atoms with Crippen LogP contribution in [0, 0.1) is 5.92 Å². The molecule has 0 amide bonds. The average Bonchev–Trinajstić information content (AvgIpc) is 2.54. The van der Waals surface area contributed by atoms with E-state index in [1.54, 1.807) is 0 Å². The number of benzene rings is 1. The second-order valence-electron chi connectivity index (χ2n) is 7.28. The van der Waals surface area contributed by atoms with Gasteiger partial charge in [0.15, 0.2) is 5.78 Å². The third kappa shape index (κ3) is 7.73. The number of phenolic OH excluding ortho intramolecular Hbond substituents is 2. The highest BCUT2D eigenvalue weighted by Gasteiger charge is 2.16. The zero-order valence-electron chi connectivity index (χ0n) is 16.7. The molecule has 0 fully saturated rings. The van der Waals surface area contributed by atoms with Crippen LogP contribution in [0.5, 0.6) is 11.5 Å². The van der Waals surface area contributed by atoms with Crippen molar-refractivity contribution in [2.45, 2.75) is 60.3 Å². The van der Waals surface area contributed by atoms with Crippen molar-refractivity contribution in [1.29, 1.82) is 0 Å². The molecule has 0 aliphatic heterocycles. The molecular formula is C23H32O3. The molecule has 1 aromatic rings. The van der Waals surface area contributed by atoms with Crippen LogP contribution in [0.3, 0.4) is 0 Å². The first-order chi connectivity index (χ1) is 12.2.